The third kappa shape index (κ3) is 2.58. The molecule has 5 atom stereocenters. The molecule has 1 aromatic heterocycles. The Balaban J connectivity index is 1.90. The second-order valence-electron chi connectivity index (χ2n) is 6.59. The molecule has 1 N–H and O–H groups in total. The summed E-state index contributed by atoms with van der Waals surface area (Å²) in [7, 11) is 4.50. The maximum atomic E-state index is 13.0. The van der Waals surface area contributed by atoms with Gasteiger partial charge in [-0.3, -0.25) is 9.48 Å². The number of likely N-dealkylation sites (tertiary alicyclic amines) is 1. The minimum Gasteiger partial charge on any atom is -0.387 e. The Labute approximate surface area is 138 Å². The van der Waals surface area contributed by atoms with Gasteiger partial charge >= 0.3 is 0 Å². The van der Waals surface area contributed by atoms with E-state index in [9.17, 15) is 15.2 Å². The number of aliphatic hydroxyl groups excluding tert-OH is 1. The molecule has 0 bridgehead atoms. The highest BCUT2D eigenvalue weighted by atomic mass is 31.0. The zero-order chi connectivity index (χ0) is 16.8. The molecule has 1 aliphatic heterocycles. The van der Waals surface area contributed by atoms with Crippen LogP contribution in [0.5, 0.6) is 0 Å². The summed E-state index contributed by atoms with van der Waals surface area (Å²) in [6.07, 6.45) is 5.35. The van der Waals surface area contributed by atoms with Gasteiger partial charge < -0.3 is 10.0 Å². The fourth-order valence-corrected chi connectivity index (χ4v) is 4.64. The van der Waals surface area contributed by atoms with Crippen LogP contribution in [-0.2, 0) is 18.4 Å². The molecule has 1 saturated heterocycles. The van der Waals surface area contributed by atoms with E-state index in [-0.39, 0.29) is 17.7 Å². The summed E-state index contributed by atoms with van der Waals surface area (Å²) in [5, 5.41) is 22.8. The van der Waals surface area contributed by atoms with Crippen LogP contribution in [0, 0.1) is 23.2 Å². The highest BCUT2D eigenvalue weighted by Gasteiger charge is 2.52. The lowest BCUT2D eigenvalue weighted by Crippen LogP contribution is -2.58. The van der Waals surface area contributed by atoms with Crippen molar-refractivity contribution in [3.8, 4) is 6.07 Å². The first kappa shape index (κ1) is 16.2. The Morgan fingerprint density at radius 3 is 2.96 bits per heavy atom. The zero-order valence-corrected chi connectivity index (χ0v) is 14.5. The maximum Gasteiger partial charge on any atom is 0.237 e. The molecule has 0 spiro atoms. The Kier molecular flexibility index (Phi) is 4.03. The van der Waals surface area contributed by atoms with E-state index in [1.165, 1.54) is 0 Å². The summed E-state index contributed by atoms with van der Waals surface area (Å²) in [6.45, 7) is 3.09. The molecule has 1 amide bonds. The van der Waals surface area contributed by atoms with Crippen molar-refractivity contribution in [2.45, 2.75) is 31.1 Å². The van der Waals surface area contributed by atoms with E-state index < -0.39 is 11.3 Å². The van der Waals surface area contributed by atoms with Gasteiger partial charge in [-0.05, 0) is 24.3 Å². The highest BCUT2D eigenvalue weighted by Crippen LogP contribution is 2.48. The zero-order valence-electron chi connectivity index (χ0n) is 13.3. The van der Waals surface area contributed by atoms with Crippen LogP contribution in [-0.4, -0.2) is 43.5 Å². The third-order valence-electron chi connectivity index (χ3n) is 5.09. The molecule has 2 unspecified atom stereocenters. The van der Waals surface area contributed by atoms with E-state index in [0.717, 1.165) is 12.0 Å². The molecule has 122 valence electrons. The normalized spacial score (nSPS) is 33.9. The molecule has 2 aliphatic rings. The van der Waals surface area contributed by atoms with E-state index in [4.69, 9.17) is 0 Å². The monoisotopic (exact) mass is 332 g/mol. The molecule has 7 heteroatoms. The van der Waals surface area contributed by atoms with Crippen LogP contribution in [0.15, 0.2) is 24.0 Å². The maximum absolute atomic E-state index is 13.0. The number of amides is 1. The molecule has 1 aromatic rings. The Hall–Kier alpha value is -1.70. The molecular formula is C16H21N4O2P. The highest BCUT2D eigenvalue weighted by molar-refractivity contribution is 7.21. The Morgan fingerprint density at radius 2 is 2.35 bits per heavy atom. The first-order chi connectivity index (χ1) is 10.9. The van der Waals surface area contributed by atoms with Crippen molar-refractivity contribution in [3.05, 3.63) is 29.6 Å². The van der Waals surface area contributed by atoms with Crippen LogP contribution in [0.3, 0.4) is 0 Å². The number of aromatic nitrogens is 2. The van der Waals surface area contributed by atoms with E-state index in [2.05, 4.69) is 14.3 Å². The predicted octanol–water partition coefficient (Wildman–Crippen LogP) is 0.843. The predicted molar refractivity (Wildman–Crippen MR) is 88.0 cm³/mol. The number of aliphatic hydroxyl groups is 1. The van der Waals surface area contributed by atoms with E-state index in [0.29, 0.717) is 18.7 Å². The Bertz CT molecular complexity index is 707. The van der Waals surface area contributed by atoms with Crippen molar-refractivity contribution >= 4 is 15.1 Å². The molecule has 3 rings (SSSR count). The Morgan fingerprint density at radius 1 is 1.61 bits per heavy atom. The number of aryl methyl sites for hydroxylation is 1. The number of fused-ring (bicyclic) bond motifs is 1. The van der Waals surface area contributed by atoms with Crippen LogP contribution in [0.2, 0.25) is 0 Å². The van der Waals surface area contributed by atoms with Crippen LogP contribution >= 0.6 is 9.24 Å². The van der Waals surface area contributed by atoms with Gasteiger partial charge in [0.1, 0.15) is 0 Å². The largest absolute Gasteiger partial charge is 0.387 e. The van der Waals surface area contributed by atoms with E-state index in [1.54, 1.807) is 17.0 Å². The standard InChI is InChI=1S/C16H21N4O2P/c1-10-13-3-4-20(9-11-7-18-19(2)8-11)15(22)16(13,23)5-12(6-17)14(10)21/h5,7-8,10,13-14,21H,3-4,9,23H2,1-2H3/t10-,13-,14?,16+/m1/s1. The molecule has 0 radical (unpaired) electrons. The first-order valence-corrected chi connectivity index (χ1v) is 8.31. The average molecular weight is 332 g/mol. The minimum absolute atomic E-state index is 0.00546. The summed E-state index contributed by atoms with van der Waals surface area (Å²) in [5.74, 6) is -0.0945. The molecule has 2 heterocycles. The van der Waals surface area contributed by atoms with Gasteiger partial charge in [-0.1, -0.05) is 6.92 Å². The smallest absolute Gasteiger partial charge is 0.237 e. The van der Waals surface area contributed by atoms with Gasteiger partial charge in [-0.2, -0.15) is 10.4 Å². The molecule has 6 nitrogen and oxygen atoms in total. The number of hydrogen-bond acceptors (Lipinski definition) is 4. The second-order valence-corrected chi connectivity index (χ2v) is 7.55. The second kappa shape index (κ2) is 5.74. The average Bonchev–Trinajstić information content (AvgIpc) is 2.93. The molecular weight excluding hydrogens is 311 g/mol. The van der Waals surface area contributed by atoms with Crippen molar-refractivity contribution in [2.75, 3.05) is 6.54 Å². The summed E-state index contributed by atoms with van der Waals surface area (Å²) in [6, 6.07) is 2.04. The fourth-order valence-electron chi connectivity index (χ4n) is 3.80. The van der Waals surface area contributed by atoms with Gasteiger partial charge in [-0.15, -0.1) is 9.24 Å². The molecule has 23 heavy (non-hydrogen) atoms. The summed E-state index contributed by atoms with van der Waals surface area (Å²) in [4.78, 5) is 14.9. The van der Waals surface area contributed by atoms with Crippen molar-refractivity contribution in [2.24, 2.45) is 18.9 Å². The van der Waals surface area contributed by atoms with Gasteiger partial charge in [0.2, 0.25) is 5.91 Å². The molecule has 1 fully saturated rings. The summed E-state index contributed by atoms with van der Waals surface area (Å²) in [5.41, 5.74) is 1.28. The van der Waals surface area contributed by atoms with Crippen molar-refractivity contribution in [3.63, 3.8) is 0 Å². The van der Waals surface area contributed by atoms with Gasteiger partial charge in [0.25, 0.3) is 0 Å². The number of piperidine rings is 1. The van der Waals surface area contributed by atoms with Gasteiger partial charge in [-0.25, -0.2) is 0 Å². The van der Waals surface area contributed by atoms with E-state index in [1.807, 2.05) is 31.1 Å². The molecule has 0 saturated carbocycles. The minimum atomic E-state index is -0.801. The third-order valence-corrected chi connectivity index (χ3v) is 5.93. The number of nitriles is 1. The van der Waals surface area contributed by atoms with Crippen molar-refractivity contribution < 1.29 is 9.90 Å². The fraction of sp³-hybridized carbons (Fsp3) is 0.562. The van der Waals surface area contributed by atoms with Crippen molar-refractivity contribution in [1.82, 2.24) is 14.7 Å². The van der Waals surface area contributed by atoms with Gasteiger partial charge in [0.15, 0.2) is 0 Å². The lowest BCUT2D eigenvalue weighted by molar-refractivity contribution is -0.139. The van der Waals surface area contributed by atoms with Crippen molar-refractivity contribution in [1.29, 1.82) is 5.26 Å². The topological polar surface area (TPSA) is 82.2 Å². The lowest BCUT2D eigenvalue weighted by atomic mass is 9.68. The van der Waals surface area contributed by atoms with Gasteiger partial charge in [0, 0.05) is 31.9 Å². The molecule has 0 aromatic carbocycles. The summed E-state index contributed by atoms with van der Waals surface area (Å²) < 4.78 is 1.72. The quantitative estimate of drug-likeness (QED) is 0.814. The van der Waals surface area contributed by atoms with E-state index >= 15 is 0 Å². The van der Waals surface area contributed by atoms with Crippen LogP contribution in [0.1, 0.15) is 18.9 Å². The molecule has 1 aliphatic carbocycles. The van der Waals surface area contributed by atoms with Crippen LogP contribution < -0.4 is 0 Å². The number of carbonyl (C=O) groups is 1. The lowest BCUT2D eigenvalue weighted by Gasteiger charge is -2.49. The number of nitrogens with zero attached hydrogens (tertiary/aromatic N) is 4. The van der Waals surface area contributed by atoms with Gasteiger partial charge in [0.05, 0.1) is 29.1 Å². The number of carbonyl (C=O) groups excluding carboxylic acids is 1. The number of hydrogen-bond donors (Lipinski definition) is 1. The first-order valence-electron chi connectivity index (χ1n) is 7.73. The van der Waals surface area contributed by atoms with Crippen LogP contribution in [0.4, 0.5) is 0 Å². The SMILES string of the molecule is C[C@H]1C(O)C(C#N)=C[C@@]2(P)C(=O)N(Cc3cnn(C)c3)CC[C@H]12. The van der Waals surface area contributed by atoms with Crippen LogP contribution in [0.25, 0.3) is 0 Å². The summed E-state index contributed by atoms with van der Waals surface area (Å²) >= 11 is 0. The number of rotatable bonds is 2.